The molecular formula is C10H10O5S. The monoisotopic (exact) mass is 242 g/mol. The average Bonchev–Trinajstić information content (AvgIpc) is 2.29. The summed E-state index contributed by atoms with van der Waals surface area (Å²) in [5.74, 6) is 0. The molecule has 0 fully saturated rings. The standard InChI is InChI=1S/C10H10O5S/c1-2-8-14-15-16(12,13)10(11)9-6-4-3-5-7-9/h2-7H,1,8H2. The van der Waals surface area contributed by atoms with Crippen LogP contribution in [0, 0.1) is 0 Å². The smallest absolute Gasteiger partial charge is 0.273 e. The van der Waals surface area contributed by atoms with Crippen LogP contribution in [0.5, 0.6) is 0 Å². The van der Waals surface area contributed by atoms with Crippen LogP contribution in [0.1, 0.15) is 10.4 Å². The highest BCUT2D eigenvalue weighted by Crippen LogP contribution is 2.07. The first-order valence-corrected chi connectivity index (χ1v) is 5.75. The molecule has 86 valence electrons. The third-order valence-electron chi connectivity index (χ3n) is 1.56. The Kier molecular flexibility index (Phi) is 4.36. The van der Waals surface area contributed by atoms with Crippen LogP contribution >= 0.6 is 0 Å². The molecule has 6 heteroatoms. The van der Waals surface area contributed by atoms with E-state index in [9.17, 15) is 13.2 Å². The van der Waals surface area contributed by atoms with Crippen molar-refractivity contribution in [1.29, 1.82) is 0 Å². The van der Waals surface area contributed by atoms with Crippen molar-refractivity contribution >= 4 is 15.2 Å². The SMILES string of the molecule is C=CCOOS(=O)(=O)C(=O)c1ccccc1. The number of carbonyl (C=O) groups is 1. The van der Waals surface area contributed by atoms with Gasteiger partial charge in [-0.15, -0.1) is 10.9 Å². The lowest BCUT2D eigenvalue weighted by atomic mass is 10.2. The van der Waals surface area contributed by atoms with Gasteiger partial charge in [-0.05, 0) is 0 Å². The first kappa shape index (κ1) is 12.6. The van der Waals surface area contributed by atoms with Gasteiger partial charge in [0.05, 0.1) is 0 Å². The fraction of sp³-hybridized carbons (Fsp3) is 0.100. The summed E-state index contributed by atoms with van der Waals surface area (Å²) in [5.41, 5.74) is 0.0182. The van der Waals surface area contributed by atoms with Crippen LogP contribution in [0.15, 0.2) is 43.0 Å². The van der Waals surface area contributed by atoms with Crippen molar-refractivity contribution in [2.45, 2.75) is 0 Å². The summed E-state index contributed by atoms with van der Waals surface area (Å²) in [7, 11) is -4.39. The minimum atomic E-state index is -4.39. The molecule has 16 heavy (non-hydrogen) atoms. The highest BCUT2D eigenvalue weighted by atomic mass is 32.2. The molecule has 0 spiro atoms. The van der Waals surface area contributed by atoms with Gasteiger partial charge in [0.2, 0.25) is 0 Å². The molecule has 0 aromatic heterocycles. The van der Waals surface area contributed by atoms with Crippen molar-refractivity contribution in [3.8, 4) is 0 Å². The van der Waals surface area contributed by atoms with Crippen molar-refractivity contribution in [1.82, 2.24) is 0 Å². The Balaban J connectivity index is 2.77. The van der Waals surface area contributed by atoms with Crippen molar-refractivity contribution < 1.29 is 22.4 Å². The molecule has 5 nitrogen and oxygen atoms in total. The summed E-state index contributed by atoms with van der Waals surface area (Å²) in [4.78, 5) is 15.7. The van der Waals surface area contributed by atoms with Gasteiger partial charge < -0.3 is 0 Å². The lowest BCUT2D eigenvalue weighted by Gasteiger charge is -2.01. The molecule has 0 aliphatic rings. The molecule has 1 aromatic carbocycles. The minimum Gasteiger partial charge on any atom is -0.273 e. The van der Waals surface area contributed by atoms with E-state index < -0.39 is 15.2 Å². The van der Waals surface area contributed by atoms with Crippen molar-refractivity contribution in [3.63, 3.8) is 0 Å². The molecule has 0 unspecified atom stereocenters. The normalized spacial score (nSPS) is 11.0. The molecule has 1 aromatic rings. The van der Waals surface area contributed by atoms with Crippen molar-refractivity contribution in [2.75, 3.05) is 6.61 Å². The topological polar surface area (TPSA) is 69.7 Å². The Morgan fingerprint density at radius 3 is 2.50 bits per heavy atom. The lowest BCUT2D eigenvalue weighted by Crippen LogP contribution is -2.18. The Bertz CT molecular complexity index is 463. The summed E-state index contributed by atoms with van der Waals surface area (Å²) in [6, 6.07) is 7.51. The van der Waals surface area contributed by atoms with E-state index in [2.05, 4.69) is 15.8 Å². The predicted octanol–water partition coefficient (Wildman–Crippen LogP) is 1.29. The first-order chi connectivity index (χ1) is 7.58. The first-order valence-electron chi connectivity index (χ1n) is 4.34. The molecule has 0 aliphatic carbocycles. The highest BCUT2D eigenvalue weighted by molar-refractivity contribution is 8.02. The van der Waals surface area contributed by atoms with E-state index in [0.717, 1.165) is 0 Å². The number of hydrogen-bond donors (Lipinski definition) is 0. The van der Waals surface area contributed by atoms with Crippen molar-refractivity contribution in [2.24, 2.45) is 0 Å². The number of carbonyl (C=O) groups excluding carboxylic acids is 1. The summed E-state index contributed by atoms with van der Waals surface area (Å²) in [5, 5.41) is -1.14. The van der Waals surface area contributed by atoms with E-state index in [-0.39, 0.29) is 12.2 Å². The zero-order chi connectivity index (χ0) is 12.0. The van der Waals surface area contributed by atoms with E-state index in [1.165, 1.54) is 18.2 Å². The molecule has 0 heterocycles. The second kappa shape index (κ2) is 5.55. The zero-order valence-electron chi connectivity index (χ0n) is 8.33. The Labute approximate surface area is 93.4 Å². The van der Waals surface area contributed by atoms with Gasteiger partial charge in [0.1, 0.15) is 6.61 Å². The number of hydrogen-bond acceptors (Lipinski definition) is 5. The quantitative estimate of drug-likeness (QED) is 0.337. The molecule has 0 radical (unpaired) electrons. The lowest BCUT2D eigenvalue weighted by molar-refractivity contribution is -0.188. The Morgan fingerprint density at radius 2 is 1.94 bits per heavy atom. The van der Waals surface area contributed by atoms with Crippen LogP contribution in [-0.2, 0) is 19.3 Å². The van der Waals surface area contributed by atoms with E-state index in [1.54, 1.807) is 18.2 Å². The molecular weight excluding hydrogens is 232 g/mol. The largest absolute Gasteiger partial charge is 0.362 e. The summed E-state index contributed by atoms with van der Waals surface area (Å²) in [6.45, 7) is 3.17. The molecule has 0 N–H and O–H groups in total. The minimum absolute atomic E-state index is 0.0182. The van der Waals surface area contributed by atoms with Gasteiger partial charge >= 0.3 is 15.2 Å². The maximum absolute atomic E-state index is 11.4. The highest BCUT2D eigenvalue weighted by Gasteiger charge is 2.25. The van der Waals surface area contributed by atoms with Gasteiger partial charge in [0, 0.05) is 5.56 Å². The zero-order valence-corrected chi connectivity index (χ0v) is 9.14. The third kappa shape index (κ3) is 3.27. The predicted molar refractivity (Wildman–Crippen MR) is 56.9 cm³/mol. The van der Waals surface area contributed by atoms with Gasteiger partial charge in [0.15, 0.2) is 0 Å². The maximum atomic E-state index is 11.4. The molecule has 0 saturated carbocycles. The van der Waals surface area contributed by atoms with Gasteiger partial charge in [-0.3, -0.25) is 4.79 Å². The number of rotatable bonds is 5. The van der Waals surface area contributed by atoms with E-state index in [0.29, 0.717) is 0 Å². The van der Waals surface area contributed by atoms with Gasteiger partial charge in [-0.1, -0.05) is 36.4 Å². The van der Waals surface area contributed by atoms with Crippen LogP contribution in [-0.4, -0.2) is 20.1 Å². The molecule has 1 rings (SSSR count). The van der Waals surface area contributed by atoms with Gasteiger partial charge in [0.25, 0.3) is 0 Å². The fourth-order valence-corrected chi connectivity index (χ4v) is 1.56. The van der Waals surface area contributed by atoms with Crippen LogP contribution in [0.2, 0.25) is 0 Å². The second-order valence-electron chi connectivity index (χ2n) is 2.75. The summed E-state index contributed by atoms with van der Waals surface area (Å²) in [6.07, 6.45) is 1.29. The molecule has 0 saturated heterocycles. The van der Waals surface area contributed by atoms with Gasteiger partial charge in [-0.25, -0.2) is 4.89 Å². The molecule has 0 bridgehead atoms. The Hall–Kier alpha value is -1.50. The average molecular weight is 242 g/mol. The molecule has 0 amide bonds. The molecule has 0 aliphatic heterocycles. The third-order valence-corrected chi connectivity index (χ3v) is 2.53. The maximum Gasteiger partial charge on any atom is 0.362 e. The van der Waals surface area contributed by atoms with Crippen LogP contribution < -0.4 is 0 Å². The van der Waals surface area contributed by atoms with Crippen LogP contribution in [0.3, 0.4) is 0 Å². The Morgan fingerprint density at radius 1 is 1.31 bits per heavy atom. The van der Waals surface area contributed by atoms with E-state index in [1.807, 2.05) is 0 Å². The van der Waals surface area contributed by atoms with E-state index >= 15 is 0 Å². The summed E-state index contributed by atoms with van der Waals surface area (Å²) >= 11 is 0. The molecule has 0 atom stereocenters. The van der Waals surface area contributed by atoms with Crippen LogP contribution in [0.4, 0.5) is 0 Å². The van der Waals surface area contributed by atoms with Gasteiger partial charge in [-0.2, -0.15) is 8.42 Å². The van der Waals surface area contributed by atoms with Crippen LogP contribution in [0.25, 0.3) is 0 Å². The second-order valence-corrected chi connectivity index (χ2v) is 4.16. The fourth-order valence-electron chi connectivity index (χ4n) is 0.889. The van der Waals surface area contributed by atoms with E-state index in [4.69, 9.17) is 0 Å². The number of benzene rings is 1. The van der Waals surface area contributed by atoms with Crippen molar-refractivity contribution in [3.05, 3.63) is 48.6 Å². The summed E-state index contributed by atoms with van der Waals surface area (Å²) < 4.78 is 26.6.